The van der Waals surface area contributed by atoms with Gasteiger partial charge < -0.3 is 9.67 Å². The van der Waals surface area contributed by atoms with E-state index in [2.05, 4.69) is 0 Å². The molecule has 0 radical (unpaired) electrons. The summed E-state index contributed by atoms with van der Waals surface area (Å²) in [5.74, 6) is 0.0259. The zero-order chi connectivity index (χ0) is 12.6. The number of aromatic hydroxyl groups is 1. The van der Waals surface area contributed by atoms with Gasteiger partial charge in [0.1, 0.15) is 5.75 Å². The van der Waals surface area contributed by atoms with Gasteiger partial charge >= 0.3 is 0 Å². The van der Waals surface area contributed by atoms with E-state index < -0.39 is 4.92 Å². The lowest BCUT2D eigenvalue weighted by atomic mass is 10.2. The molecule has 5 nitrogen and oxygen atoms in total. The van der Waals surface area contributed by atoms with Gasteiger partial charge in [-0.3, -0.25) is 10.1 Å². The predicted molar refractivity (Wildman–Crippen MR) is 63.6 cm³/mol. The fraction of sp³-hybridized carbons (Fsp3) is 0.167. The van der Waals surface area contributed by atoms with Gasteiger partial charge in [-0.05, 0) is 32.0 Å². The zero-order valence-electron chi connectivity index (χ0n) is 9.54. The SMILES string of the molecule is Cc1ccc(C)n1-c1cc([N+](=O)[O-])ccc1O. The minimum Gasteiger partial charge on any atom is -0.506 e. The van der Waals surface area contributed by atoms with E-state index in [1.165, 1.54) is 18.2 Å². The topological polar surface area (TPSA) is 68.3 Å². The molecule has 0 aliphatic rings. The molecule has 0 aliphatic carbocycles. The molecule has 1 N–H and O–H groups in total. The Balaban J connectivity index is 2.66. The molecule has 5 heteroatoms. The first-order valence-electron chi connectivity index (χ1n) is 5.13. The molecule has 0 saturated heterocycles. The molecule has 0 fully saturated rings. The minimum atomic E-state index is -0.475. The number of non-ortho nitro benzene ring substituents is 1. The second-order valence-electron chi connectivity index (χ2n) is 3.88. The third-order valence-electron chi connectivity index (χ3n) is 2.68. The van der Waals surface area contributed by atoms with Gasteiger partial charge in [-0.15, -0.1) is 0 Å². The van der Waals surface area contributed by atoms with Gasteiger partial charge in [-0.1, -0.05) is 0 Å². The number of nitro benzene ring substituents is 1. The van der Waals surface area contributed by atoms with Gasteiger partial charge in [0.25, 0.3) is 5.69 Å². The fourth-order valence-corrected chi connectivity index (χ4v) is 1.85. The molecule has 0 spiro atoms. The summed E-state index contributed by atoms with van der Waals surface area (Å²) in [6, 6.07) is 7.79. The largest absolute Gasteiger partial charge is 0.506 e. The van der Waals surface area contributed by atoms with Crippen LogP contribution in [0.5, 0.6) is 5.75 Å². The molecule has 1 aromatic carbocycles. The Morgan fingerprint density at radius 1 is 1.18 bits per heavy atom. The van der Waals surface area contributed by atoms with Crippen LogP contribution < -0.4 is 0 Å². The van der Waals surface area contributed by atoms with Gasteiger partial charge in [0.05, 0.1) is 10.6 Å². The average molecular weight is 232 g/mol. The van der Waals surface area contributed by atoms with Crippen LogP contribution in [-0.2, 0) is 0 Å². The molecule has 0 amide bonds. The van der Waals surface area contributed by atoms with Crippen molar-refractivity contribution in [3.8, 4) is 11.4 Å². The van der Waals surface area contributed by atoms with E-state index in [-0.39, 0.29) is 11.4 Å². The van der Waals surface area contributed by atoms with E-state index in [0.717, 1.165) is 11.4 Å². The Kier molecular flexibility index (Phi) is 2.59. The Labute approximate surface area is 98.1 Å². The maximum atomic E-state index is 10.7. The highest BCUT2D eigenvalue weighted by molar-refractivity contribution is 5.54. The van der Waals surface area contributed by atoms with E-state index in [0.29, 0.717) is 5.69 Å². The number of rotatable bonds is 2. The Morgan fingerprint density at radius 2 is 1.76 bits per heavy atom. The van der Waals surface area contributed by atoms with E-state index in [9.17, 15) is 15.2 Å². The van der Waals surface area contributed by atoms with E-state index in [4.69, 9.17) is 0 Å². The second kappa shape index (κ2) is 3.93. The molecule has 2 aromatic rings. The standard InChI is InChI=1S/C12H12N2O3/c1-8-3-4-9(2)13(8)11-7-10(14(16)17)5-6-12(11)15/h3-7,15H,1-2H3. The Morgan fingerprint density at radius 3 is 2.29 bits per heavy atom. The molecule has 0 unspecified atom stereocenters. The van der Waals surface area contributed by atoms with E-state index in [1.807, 2.05) is 26.0 Å². The van der Waals surface area contributed by atoms with Crippen molar-refractivity contribution in [1.29, 1.82) is 0 Å². The van der Waals surface area contributed by atoms with Crippen LogP contribution in [0.1, 0.15) is 11.4 Å². The van der Waals surface area contributed by atoms with Crippen LogP contribution >= 0.6 is 0 Å². The third kappa shape index (κ3) is 1.87. The van der Waals surface area contributed by atoms with Crippen LogP contribution in [0.3, 0.4) is 0 Å². The fourth-order valence-electron chi connectivity index (χ4n) is 1.85. The molecule has 0 atom stereocenters. The summed E-state index contributed by atoms with van der Waals surface area (Å²) in [6.45, 7) is 3.76. The normalized spacial score (nSPS) is 10.5. The van der Waals surface area contributed by atoms with Crippen LogP contribution in [0.4, 0.5) is 5.69 Å². The summed E-state index contributed by atoms with van der Waals surface area (Å²) in [4.78, 5) is 10.2. The van der Waals surface area contributed by atoms with E-state index >= 15 is 0 Å². The number of hydrogen-bond acceptors (Lipinski definition) is 3. The summed E-state index contributed by atoms with van der Waals surface area (Å²) in [7, 11) is 0. The summed E-state index contributed by atoms with van der Waals surface area (Å²) in [6.07, 6.45) is 0. The van der Waals surface area contributed by atoms with Gasteiger partial charge in [-0.2, -0.15) is 0 Å². The molecule has 17 heavy (non-hydrogen) atoms. The van der Waals surface area contributed by atoms with Gasteiger partial charge in [-0.25, -0.2) is 0 Å². The van der Waals surface area contributed by atoms with Crippen molar-refractivity contribution in [2.24, 2.45) is 0 Å². The van der Waals surface area contributed by atoms with Gasteiger partial charge in [0.15, 0.2) is 0 Å². The van der Waals surface area contributed by atoms with Gasteiger partial charge in [0.2, 0.25) is 0 Å². The Bertz CT molecular complexity index is 568. The number of nitrogens with zero attached hydrogens (tertiary/aromatic N) is 2. The predicted octanol–water partition coefficient (Wildman–Crippen LogP) is 2.71. The van der Waals surface area contributed by atoms with Crippen molar-refractivity contribution < 1.29 is 10.0 Å². The molecule has 0 bridgehead atoms. The lowest BCUT2D eigenvalue weighted by Gasteiger charge is -2.10. The number of hydrogen-bond donors (Lipinski definition) is 1. The quantitative estimate of drug-likeness (QED) is 0.639. The average Bonchev–Trinajstić information content (AvgIpc) is 2.59. The molecule has 2 rings (SSSR count). The summed E-state index contributed by atoms with van der Waals surface area (Å²) in [5, 5.41) is 20.5. The maximum absolute atomic E-state index is 10.7. The first kappa shape index (κ1) is 11.2. The summed E-state index contributed by atoms with van der Waals surface area (Å²) >= 11 is 0. The van der Waals surface area contributed by atoms with Crippen molar-refractivity contribution in [3.05, 3.63) is 51.8 Å². The molecular formula is C12H12N2O3. The Hall–Kier alpha value is -2.30. The smallest absolute Gasteiger partial charge is 0.271 e. The molecule has 0 aliphatic heterocycles. The summed E-state index contributed by atoms with van der Waals surface area (Å²) in [5.41, 5.74) is 2.22. The van der Waals surface area contributed by atoms with Gasteiger partial charge in [0, 0.05) is 23.5 Å². The summed E-state index contributed by atoms with van der Waals surface area (Å²) < 4.78 is 1.78. The highest BCUT2D eigenvalue weighted by atomic mass is 16.6. The lowest BCUT2D eigenvalue weighted by Crippen LogP contribution is -2.00. The second-order valence-corrected chi connectivity index (χ2v) is 3.88. The number of nitro groups is 1. The number of aryl methyl sites for hydroxylation is 2. The molecule has 0 saturated carbocycles. The highest BCUT2D eigenvalue weighted by Gasteiger charge is 2.13. The van der Waals surface area contributed by atoms with Crippen molar-refractivity contribution in [3.63, 3.8) is 0 Å². The maximum Gasteiger partial charge on any atom is 0.271 e. The first-order valence-corrected chi connectivity index (χ1v) is 5.13. The zero-order valence-corrected chi connectivity index (χ0v) is 9.54. The van der Waals surface area contributed by atoms with Crippen LogP contribution in [0.15, 0.2) is 30.3 Å². The molecular weight excluding hydrogens is 220 g/mol. The first-order chi connectivity index (χ1) is 8.00. The van der Waals surface area contributed by atoms with Crippen LogP contribution in [0.2, 0.25) is 0 Å². The van der Waals surface area contributed by atoms with Crippen LogP contribution in [-0.4, -0.2) is 14.6 Å². The monoisotopic (exact) mass is 232 g/mol. The highest BCUT2D eigenvalue weighted by Crippen LogP contribution is 2.29. The number of aromatic nitrogens is 1. The van der Waals surface area contributed by atoms with E-state index in [1.54, 1.807) is 4.57 Å². The van der Waals surface area contributed by atoms with Crippen molar-refractivity contribution in [2.75, 3.05) is 0 Å². The molecule has 1 aromatic heterocycles. The minimum absolute atomic E-state index is 0.0259. The third-order valence-corrected chi connectivity index (χ3v) is 2.68. The number of phenols is 1. The van der Waals surface area contributed by atoms with Crippen LogP contribution in [0, 0.1) is 24.0 Å². The molecule has 88 valence electrons. The number of benzene rings is 1. The van der Waals surface area contributed by atoms with Crippen molar-refractivity contribution in [2.45, 2.75) is 13.8 Å². The van der Waals surface area contributed by atoms with Crippen LogP contribution in [0.25, 0.3) is 5.69 Å². The lowest BCUT2D eigenvalue weighted by molar-refractivity contribution is -0.384. The number of phenolic OH excluding ortho intramolecular Hbond substituents is 1. The molecule has 1 heterocycles. The van der Waals surface area contributed by atoms with Crippen molar-refractivity contribution >= 4 is 5.69 Å². The van der Waals surface area contributed by atoms with Crippen molar-refractivity contribution in [1.82, 2.24) is 4.57 Å².